The van der Waals surface area contributed by atoms with E-state index in [2.05, 4.69) is 15.6 Å². The lowest BCUT2D eigenvalue weighted by molar-refractivity contribution is 0.249. The standard InChI is InChI=1S/C10H12N4O2/c11-10(15)14-5-4-13-9-7-2-6-16-8(7)1-3-12-9/h1-3,6H,4-5H2,(H,12,13)(H3,11,14,15). The molecule has 6 nitrogen and oxygen atoms in total. The number of aromatic nitrogens is 1. The molecule has 84 valence electrons. The lowest BCUT2D eigenvalue weighted by Gasteiger charge is -2.06. The quantitative estimate of drug-likeness (QED) is 0.667. The number of primary amides is 1. The van der Waals surface area contributed by atoms with Crippen LogP contribution < -0.4 is 16.4 Å². The third kappa shape index (κ3) is 2.22. The molecule has 2 rings (SSSR count). The normalized spacial score (nSPS) is 10.2. The van der Waals surface area contributed by atoms with Gasteiger partial charge in [0.1, 0.15) is 11.4 Å². The minimum absolute atomic E-state index is 0.450. The van der Waals surface area contributed by atoms with Crippen molar-refractivity contribution in [1.29, 1.82) is 0 Å². The second kappa shape index (κ2) is 4.52. The summed E-state index contributed by atoms with van der Waals surface area (Å²) in [6.45, 7) is 1.01. The largest absolute Gasteiger partial charge is 0.464 e. The highest BCUT2D eigenvalue weighted by atomic mass is 16.3. The molecule has 0 aliphatic carbocycles. The molecule has 0 aliphatic rings. The Labute approximate surface area is 91.8 Å². The number of urea groups is 1. The number of carbonyl (C=O) groups is 1. The van der Waals surface area contributed by atoms with Gasteiger partial charge in [0.05, 0.1) is 11.6 Å². The summed E-state index contributed by atoms with van der Waals surface area (Å²) in [7, 11) is 0. The zero-order valence-electron chi connectivity index (χ0n) is 8.56. The van der Waals surface area contributed by atoms with E-state index < -0.39 is 6.03 Å². The number of anilines is 1. The van der Waals surface area contributed by atoms with E-state index >= 15 is 0 Å². The van der Waals surface area contributed by atoms with Gasteiger partial charge in [-0.05, 0) is 12.1 Å². The number of amides is 2. The maximum Gasteiger partial charge on any atom is 0.312 e. The van der Waals surface area contributed by atoms with Gasteiger partial charge in [0, 0.05) is 19.3 Å². The number of hydrogen-bond acceptors (Lipinski definition) is 4. The van der Waals surface area contributed by atoms with Crippen LogP contribution in [0.3, 0.4) is 0 Å². The first-order chi connectivity index (χ1) is 7.77. The van der Waals surface area contributed by atoms with Crippen LogP contribution in [0, 0.1) is 0 Å². The summed E-state index contributed by atoms with van der Waals surface area (Å²) in [5.41, 5.74) is 5.72. The molecule has 0 bridgehead atoms. The zero-order chi connectivity index (χ0) is 11.4. The summed E-state index contributed by atoms with van der Waals surface area (Å²) >= 11 is 0. The molecule has 0 radical (unpaired) electrons. The van der Waals surface area contributed by atoms with E-state index in [9.17, 15) is 4.79 Å². The average molecular weight is 220 g/mol. The Morgan fingerprint density at radius 2 is 2.31 bits per heavy atom. The van der Waals surface area contributed by atoms with Gasteiger partial charge in [-0.15, -0.1) is 0 Å². The molecule has 0 aliphatic heterocycles. The van der Waals surface area contributed by atoms with Crippen LogP contribution in [0.4, 0.5) is 10.6 Å². The van der Waals surface area contributed by atoms with Gasteiger partial charge in [-0.3, -0.25) is 0 Å². The number of rotatable bonds is 4. The van der Waals surface area contributed by atoms with E-state index in [0.717, 1.165) is 16.8 Å². The molecule has 0 fully saturated rings. The number of pyridine rings is 1. The fourth-order valence-corrected chi connectivity index (χ4v) is 1.40. The number of nitrogens with zero attached hydrogens (tertiary/aromatic N) is 1. The average Bonchev–Trinajstić information content (AvgIpc) is 2.72. The van der Waals surface area contributed by atoms with Gasteiger partial charge in [-0.2, -0.15) is 0 Å². The molecular weight excluding hydrogens is 208 g/mol. The highest BCUT2D eigenvalue weighted by Gasteiger charge is 2.03. The van der Waals surface area contributed by atoms with E-state index in [1.54, 1.807) is 18.5 Å². The molecule has 0 aromatic carbocycles. The van der Waals surface area contributed by atoms with Crippen LogP contribution in [-0.4, -0.2) is 24.1 Å². The van der Waals surface area contributed by atoms with Gasteiger partial charge < -0.3 is 20.8 Å². The van der Waals surface area contributed by atoms with Gasteiger partial charge in [0.25, 0.3) is 0 Å². The van der Waals surface area contributed by atoms with Crippen molar-refractivity contribution in [3.8, 4) is 0 Å². The van der Waals surface area contributed by atoms with E-state index in [1.807, 2.05) is 6.07 Å². The Bertz CT molecular complexity index is 494. The molecule has 0 spiro atoms. The molecule has 4 N–H and O–H groups in total. The molecule has 2 aromatic heterocycles. The molecule has 6 heteroatoms. The molecule has 2 amide bonds. The Hall–Kier alpha value is -2.24. The Morgan fingerprint density at radius 3 is 3.12 bits per heavy atom. The van der Waals surface area contributed by atoms with Crippen molar-refractivity contribution in [2.45, 2.75) is 0 Å². The van der Waals surface area contributed by atoms with Gasteiger partial charge in [0.2, 0.25) is 0 Å². The third-order valence-corrected chi connectivity index (χ3v) is 2.10. The van der Waals surface area contributed by atoms with E-state index in [0.29, 0.717) is 13.1 Å². The van der Waals surface area contributed by atoms with Crippen LogP contribution in [0.1, 0.15) is 0 Å². The van der Waals surface area contributed by atoms with Crippen molar-refractivity contribution in [1.82, 2.24) is 10.3 Å². The van der Waals surface area contributed by atoms with Gasteiger partial charge in [0.15, 0.2) is 0 Å². The molecule has 0 saturated heterocycles. The first-order valence-electron chi connectivity index (χ1n) is 4.87. The number of carbonyl (C=O) groups excluding carboxylic acids is 1. The summed E-state index contributed by atoms with van der Waals surface area (Å²) in [5.74, 6) is 0.734. The number of fused-ring (bicyclic) bond motifs is 1. The third-order valence-electron chi connectivity index (χ3n) is 2.10. The number of nitrogens with one attached hydrogen (secondary N) is 2. The summed E-state index contributed by atoms with van der Waals surface area (Å²) in [6, 6.07) is 3.10. The molecule has 0 atom stereocenters. The lowest BCUT2D eigenvalue weighted by atomic mass is 10.3. The van der Waals surface area contributed by atoms with Crippen LogP contribution in [0.2, 0.25) is 0 Å². The van der Waals surface area contributed by atoms with Crippen LogP contribution in [-0.2, 0) is 0 Å². The number of furan rings is 1. The Kier molecular flexibility index (Phi) is 2.90. The van der Waals surface area contributed by atoms with Crippen molar-refractivity contribution < 1.29 is 9.21 Å². The van der Waals surface area contributed by atoms with Gasteiger partial charge in [-0.1, -0.05) is 0 Å². The van der Waals surface area contributed by atoms with Crippen molar-refractivity contribution in [2.75, 3.05) is 18.4 Å². The van der Waals surface area contributed by atoms with E-state index in [-0.39, 0.29) is 0 Å². The molecule has 2 aromatic rings. The second-order valence-corrected chi connectivity index (χ2v) is 3.21. The lowest BCUT2D eigenvalue weighted by Crippen LogP contribution is -2.33. The fraction of sp³-hybridized carbons (Fsp3) is 0.200. The summed E-state index contributed by atoms with van der Waals surface area (Å²) in [4.78, 5) is 14.6. The highest BCUT2D eigenvalue weighted by molar-refractivity contribution is 5.87. The Morgan fingerprint density at radius 1 is 1.44 bits per heavy atom. The minimum Gasteiger partial charge on any atom is -0.464 e. The van der Waals surface area contributed by atoms with Crippen molar-refractivity contribution in [3.63, 3.8) is 0 Å². The summed E-state index contributed by atoms with van der Waals surface area (Å²) < 4.78 is 5.23. The van der Waals surface area contributed by atoms with Gasteiger partial charge in [-0.25, -0.2) is 9.78 Å². The molecule has 2 heterocycles. The maximum atomic E-state index is 10.4. The van der Waals surface area contributed by atoms with Crippen LogP contribution in [0.5, 0.6) is 0 Å². The predicted octanol–water partition coefficient (Wildman–Crippen LogP) is 0.908. The fourth-order valence-electron chi connectivity index (χ4n) is 1.40. The first kappa shape index (κ1) is 10.3. The molecule has 0 saturated carbocycles. The monoisotopic (exact) mass is 220 g/mol. The van der Waals surface area contributed by atoms with Crippen LogP contribution in [0.25, 0.3) is 11.0 Å². The van der Waals surface area contributed by atoms with Crippen LogP contribution in [0.15, 0.2) is 29.0 Å². The van der Waals surface area contributed by atoms with Gasteiger partial charge >= 0.3 is 6.03 Å². The maximum absolute atomic E-state index is 10.4. The van der Waals surface area contributed by atoms with Crippen molar-refractivity contribution >= 4 is 22.8 Å². The SMILES string of the molecule is NC(=O)NCCNc1nccc2occc12. The summed E-state index contributed by atoms with van der Waals surface area (Å²) in [6.07, 6.45) is 3.27. The summed E-state index contributed by atoms with van der Waals surface area (Å²) in [5, 5.41) is 6.49. The van der Waals surface area contributed by atoms with Crippen molar-refractivity contribution in [2.24, 2.45) is 5.73 Å². The highest BCUT2D eigenvalue weighted by Crippen LogP contribution is 2.21. The smallest absolute Gasteiger partial charge is 0.312 e. The number of nitrogens with two attached hydrogens (primary N) is 1. The first-order valence-corrected chi connectivity index (χ1v) is 4.87. The number of hydrogen-bond donors (Lipinski definition) is 3. The van der Waals surface area contributed by atoms with Crippen LogP contribution >= 0.6 is 0 Å². The topological polar surface area (TPSA) is 93.2 Å². The second-order valence-electron chi connectivity index (χ2n) is 3.21. The van der Waals surface area contributed by atoms with E-state index in [1.165, 1.54) is 0 Å². The zero-order valence-corrected chi connectivity index (χ0v) is 8.56. The minimum atomic E-state index is -0.531. The molecular formula is C10H12N4O2. The molecule has 16 heavy (non-hydrogen) atoms. The predicted molar refractivity (Wildman–Crippen MR) is 60.1 cm³/mol. The van der Waals surface area contributed by atoms with Crippen molar-refractivity contribution in [3.05, 3.63) is 24.6 Å². The molecule has 0 unspecified atom stereocenters. The Balaban J connectivity index is 1.98. The van der Waals surface area contributed by atoms with E-state index in [4.69, 9.17) is 10.2 Å².